The van der Waals surface area contributed by atoms with E-state index < -0.39 is 5.97 Å². The fraction of sp³-hybridized carbons (Fsp3) is 0.125. The number of carboxylic acids is 1. The average Bonchev–Trinajstić information content (AvgIpc) is 3.18. The third-order valence-corrected chi connectivity index (χ3v) is 4.81. The van der Waals surface area contributed by atoms with E-state index in [1.165, 1.54) is 0 Å². The first-order valence-electron chi connectivity index (χ1n) is 9.37. The second-order valence-electron chi connectivity index (χ2n) is 6.81. The van der Waals surface area contributed by atoms with Crippen LogP contribution in [-0.2, 0) is 24.4 Å². The largest absolute Gasteiger partial charge is 0.488 e. The van der Waals surface area contributed by atoms with Crippen molar-refractivity contribution in [3.63, 3.8) is 0 Å². The summed E-state index contributed by atoms with van der Waals surface area (Å²) < 4.78 is 12.1. The Morgan fingerprint density at radius 2 is 1.76 bits per heavy atom. The summed E-state index contributed by atoms with van der Waals surface area (Å²) in [6, 6.07) is 23.0. The lowest BCUT2D eigenvalue weighted by Gasteiger charge is -2.10. The lowest BCUT2D eigenvalue weighted by Crippen LogP contribution is -2.05. The molecule has 0 unspecified atom stereocenters. The van der Waals surface area contributed by atoms with Crippen LogP contribution in [-0.4, -0.2) is 11.1 Å². The van der Waals surface area contributed by atoms with Crippen molar-refractivity contribution in [1.29, 1.82) is 0 Å². The maximum absolute atomic E-state index is 11.1. The number of ether oxygens (including phenoxy) is 1. The van der Waals surface area contributed by atoms with E-state index in [0.717, 1.165) is 39.0 Å². The van der Waals surface area contributed by atoms with Gasteiger partial charge in [-0.05, 0) is 41.0 Å². The van der Waals surface area contributed by atoms with Crippen LogP contribution >= 0.6 is 0 Å². The van der Waals surface area contributed by atoms with Gasteiger partial charge in [0.25, 0.3) is 0 Å². The second-order valence-corrected chi connectivity index (χ2v) is 6.81. The van der Waals surface area contributed by atoms with Gasteiger partial charge in [-0.15, -0.1) is 0 Å². The standard InChI is InChI=1S/C24H21NO4/c25-14-16-5-3-8-18(11-16)23-13-20-21(9-4-10-22(20)29-23)28-15-19-7-2-1-6-17(19)12-24(26)27/h1-11,13H,12,14-15,25H2,(H,26,27). The molecule has 0 aliphatic heterocycles. The summed E-state index contributed by atoms with van der Waals surface area (Å²) in [6.45, 7) is 0.754. The number of benzene rings is 3. The van der Waals surface area contributed by atoms with Crippen LogP contribution in [0.25, 0.3) is 22.3 Å². The molecule has 0 fully saturated rings. The molecule has 3 aromatic carbocycles. The van der Waals surface area contributed by atoms with Gasteiger partial charge in [-0.25, -0.2) is 0 Å². The van der Waals surface area contributed by atoms with Gasteiger partial charge in [-0.1, -0.05) is 48.5 Å². The Hall–Kier alpha value is -3.57. The minimum absolute atomic E-state index is 0.0307. The number of nitrogens with two attached hydrogens (primary N) is 1. The van der Waals surface area contributed by atoms with Gasteiger partial charge < -0.3 is 20.0 Å². The van der Waals surface area contributed by atoms with E-state index in [4.69, 9.17) is 20.0 Å². The SMILES string of the molecule is NCc1cccc(-c2cc3c(OCc4ccccc4CC(=O)O)cccc3o2)c1. The first-order chi connectivity index (χ1) is 14.1. The minimum Gasteiger partial charge on any atom is -0.488 e. The fourth-order valence-corrected chi connectivity index (χ4v) is 3.34. The number of furan rings is 1. The predicted molar refractivity (Wildman–Crippen MR) is 112 cm³/mol. The van der Waals surface area contributed by atoms with Crippen molar-refractivity contribution in [2.75, 3.05) is 0 Å². The summed E-state index contributed by atoms with van der Waals surface area (Å²) >= 11 is 0. The zero-order valence-corrected chi connectivity index (χ0v) is 15.8. The van der Waals surface area contributed by atoms with Gasteiger partial charge in [0, 0.05) is 12.1 Å². The summed E-state index contributed by atoms with van der Waals surface area (Å²) in [5.41, 5.74) is 10.1. The van der Waals surface area contributed by atoms with E-state index in [9.17, 15) is 4.79 Å². The molecule has 0 saturated carbocycles. The number of carboxylic acid groups (broad SMARTS) is 1. The molecule has 0 spiro atoms. The number of aliphatic carboxylic acids is 1. The van der Waals surface area contributed by atoms with Crippen molar-refractivity contribution >= 4 is 16.9 Å². The number of hydrogen-bond donors (Lipinski definition) is 2. The van der Waals surface area contributed by atoms with E-state index in [2.05, 4.69) is 0 Å². The highest BCUT2D eigenvalue weighted by Gasteiger charge is 2.12. The Labute approximate surface area is 168 Å². The molecule has 29 heavy (non-hydrogen) atoms. The zero-order chi connectivity index (χ0) is 20.2. The number of fused-ring (bicyclic) bond motifs is 1. The van der Waals surface area contributed by atoms with Crippen molar-refractivity contribution in [2.24, 2.45) is 5.73 Å². The number of carbonyl (C=O) groups is 1. The van der Waals surface area contributed by atoms with Crippen LogP contribution in [0.2, 0.25) is 0 Å². The smallest absolute Gasteiger partial charge is 0.307 e. The Morgan fingerprint density at radius 3 is 2.55 bits per heavy atom. The summed E-state index contributed by atoms with van der Waals surface area (Å²) in [5, 5.41) is 9.98. The number of hydrogen-bond acceptors (Lipinski definition) is 4. The van der Waals surface area contributed by atoms with Gasteiger partial charge in [-0.3, -0.25) is 4.79 Å². The molecule has 0 bridgehead atoms. The Kier molecular flexibility index (Phi) is 5.31. The topological polar surface area (TPSA) is 85.7 Å². The molecule has 0 amide bonds. The molecule has 1 aromatic heterocycles. The first kappa shape index (κ1) is 18.8. The summed E-state index contributed by atoms with van der Waals surface area (Å²) in [5.74, 6) is 0.578. The third-order valence-electron chi connectivity index (χ3n) is 4.81. The molecule has 5 nitrogen and oxygen atoms in total. The first-order valence-corrected chi connectivity index (χ1v) is 9.37. The van der Waals surface area contributed by atoms with E-state index in [1.807, 2.05) is 72.8 Å². The van der Waals surface area contributed by atoms with Crippen molar-refractivity contribution < 1.29 is 19.1 Å². The molecule has 0 aliphatic carbocycles. The van der Waals surface area contributed by atoms with E-state index in [1.54, 1.807) is 0 Å². The van der Waals surface area contributed by atoms with Crippen molar-refractivity contribution in [2.45, 2.75) is 19.6 Å². The van der Waals surface area contributed by atoms with E-state index >= 15 is 0 Å². The highest BCUT2D eigenvalue weighted by molar-refractivity contribution is 5.88. The lowest BCUT2D eigenvalue weighted by molar-refractivity contribution is -0.136. The Morgan fingerprint density at radius 1 is 0.966 bits per heavy atom. The fourth-order valence-electron chi connectivity index (χ4n) is 3.34. The molecule has 0 aliphatic rings. The van der Waals surface area contributed by atoms with Crippen molar-refractivity contribution in [3.05, 3.63) is 89.5 Å². The summed E-state index contributed by atoms with van der Waals surface area (Å²) in [6.07, 6.45) is -0.0307. The monoisotopic (exact) mass is 387 g/mol. The second kappa shape index (κ2) is 8.20. The predicted octanol–water partition coefficient (Wildman–Crippen LogP) is 4.76. The van der Waals surface area contributed by atoms with Gasteiger partial charge in [-0.2, -0.15) is 0 Å². The van der Waals surface area contributed by atoms with Crippen LogP contribution < -0.4 is 10.5 Å². The molecule has 1 heterocycles. The van der Waals surface area contributed by atoms with Crippen LogP contribution in [0.3, 0.4) is 0 Å². The van der Waals surface area contributed by atoms with Gasteiger partial charge >= 0.3 is 5.97 Å². The highest BCUT2D eigenvalue weighted by atomic mass is 16.5. The normalized spacial score (nSPS) is 10.9. The molecule has 146 valence electrons. The maximum Gasteiger partial charge on any atom is 0.307 e. The van der Waals surface area contributed by atoms with Gasteiger partial charge in [0.15, 0.2) is 0 Å². The molecule has 4 aromatic rings. The van der Waals surface area contributed by atoms with Crippen molar-refractivity contribution in [1.82, 2.24) is 0 Å². The van der Waals surface area contributed by atoms with Gasteiger partial charge in [0.1, 0.15) is 23.7 Å². The zero-order valence-electron chi connectivity index (χ0n) is 15.8. The highest BCUT2D eigenvalue weighted by Crippen LogP contribution is 2.34. The molecule has 5 heteroatoms. The van der Waals surface area contributed by atoms with Crippen LogP contribution in [0.4, 0.5) is 0 Å². The lowest BCUT2D eigenvalue weighted by atomic mass is 10.1. The molecular weight excluding hydrogens is 366 g/mol. The molecule has 0 atom stereocenters. The van der Waals surface area contributed by atoms with Crippen LogP contribution in [0.1, 0.15) is 16.7 Å². The maximum atomic E-state index is 11.1. The quantitative estimate of drug-likeness (QED) is 0.477. The Balaban J connectivity index is 1.62. The van der Waals surface area contributed by atoms with Gasteiger partial charge in [0.2, 0.25) is 0 Å². The molecule has 3 N–H and O–H groups in total. The summed E-state index contributed by atoms with van der Waals surface area (Å²) in [4.78, 5) is 11.1. The van der Waals surface area contributed by atoms with Gasteiger partial charge in [0.05, 0.1) is 11.8 Å². The van der Waals surface area contributed by atoms with E-state index in [-0.39, 0.29) is 13.0 Å². The average molecular weight is 387 g/mol. The minimum atomic E-state index is -0.862. The van der Waals surface area contributed by atoms with Crippen LogP contribution in [0, 0.1) is 0 Å². The molecule has 0 saturated heterocycles. The van der Waals surface area contributed by atoms with Crippen LogP contribution in [0.5, 0.6) is 5.75 Å². The molecular formula is C24H21NO4. The van der Waals surface area contributed by atoms with E-state index in [0.29, 0.717) is 12.3 Å². The van der Waals surface area contributed by atoms with Crippen LogP contribution in [0.15, 0.2) is 77.2 Å². The third kappa shape index (κ3) is 4.15. The number of rotatable bonds is 7. The Bertz CT molecular complexity index is 1160. The molecule has 0 radical (unpaired) electrons. The molecule has 4 rings (SSSR count). The van der Waals surface area contributed by atoms with Crippen molar-refractivity contribution in [3.8, 4) is 17.1 Å². The summed E-state index contributed by atoms with van der Waals surface area (Å²) in [7, 11) is 0.